The molecule has 3 aromatic rings. The number of benzene rings is 2. The first kappa shape index (κ1) is 33.5. The predicted octanol–water partition coefficient (Wildman–Crippen LogP) is 4.95. The molecule has 0 spiro atoms. The van der Waals surface area contributed by atoms with E-state index in [9.17, 15) is 14.4 Å². The van der Waals surface area contributed by atoms with E-state index in [0.29, 0.717) is 38.7 Å². The lowest BCUT2D eigenvalue weighted by atomic mass is 9.95. The predicted molar refractivity (Wildman–Crippen MR) is 172 cm³/mol. The maximum absolute atomic E-state index is 14.1. The third-order valence-corrected chi connectivity index (χ3v) is 8.02. The van der Waals surface area contributed by atoms with E-state index in [4.69, 9.17) is 23.7 Å². The number of carbonyl (C=O) groups is 2. The van der Waals surface area contributed by atoms with Crippen molar-refractivity contribution in [3.63, 3.8) is 0 Å². The fraction of sp³-hybridized carbons (Fsp3) is 0.412. The van der Waals surface area contributed by atoms with Crippen LogP contribution in [-0.2, 0) is 14.3 Å². The number of esters is 2. The lowest BCUT2D eigenvalue weighted by molar-refractivity contribution is -0.140. The van der Waals surface area contributed by atoms with Crippen molar-refractivity contribution >= 4 is 29.4 Å². The van der Waals surface area contributed by atoms with Gasteiger partial charge in [0.1, 0.15) is 0 Å². The van der Waals surface area contributed by atoms with Gasteiger partial charge in [-0.25, -0.2) is 9.79 Å². The molecule has 1 aliphatic rings. The zero-order chi connectivity index (χ0) is 32.7. The van der Waals surface area contributed by atoms with Crippen LogP contribution in [0.1, 0.15) is 71.0 Å². The van der Waals surface area contributed by atoms with Gasteiger partial charge in [-0.05, 0) is 60.7 Å². The van der Waals surface area contributed by atoms with E-state index in [1.807, 2.05) is 32.0 Å². The van der Waals surface area contributed by atoms with E-state index in [2.05, 4.69) is 11.9 Å². The van der Waals surface area contributed by atoms with E-state index in [0.717, 1.165) is 24.8 Å². The van der Waals surface area contributed by atoms with Crippen LogP contribution in [0, 0.1) is 5.92 Å². The quantitative estimate of drug-likeness (QED) is 0.147. The van der Waals surface area contributed by atoms with Gasteiger partial charge in [-0.1, -0.05) is 57.1 Å². The molecule has 1 aromatic heterocycles. The molecule has 4 rings (SSSR count). The molecule has 1 aliphatic heterocycles. The van der Waals surface area contributed by atoms with Crippen LogP contribution >= 0.6 is 11.3 Å². The summed E-state index contributed by atoms with van der Waals surface area (Å²) in [5.74, 6) is 0.746. The van der Waals surface area contributed by atoms with E-state index >= 15 is 0 Å². The Morgan fingerprint density at radius 3 is 2.40 bits per heavy atom. The molecule has 11 heteroatoms. The minimum absolute atomic E-state index is 0.114. The number of allylic oxidation sites excluding steroid dienone is 1. The third-order valence-electron chi connectivity index (χ3n) is 7.04. The molecule has 0 aliphatic carbocycles. The van der Waals surface area contributed by atoms with Crippen molar-refractivity contribution in [2.24, 2.45) is 10.9 Å². The van der Waals surface area contributed by atoms with Crippen LogP contribution in [0.4, 0.5) is 0 Å². The standard InChI is InChI=1S/C34H40N2O8S/c1-8-9-10-15-42-25-13-11-23(16-27(25)40-6)17-29-32(38)36-31(24-12-14-26(44-22(5)37)28(18-24)41-7)30(21(4)35-34(36)45-29)33(39)43-19-20(2)3/h11-14,16-18,20,31H,8-10,15,19H2,1-7H3/b29-17+. The van der Waals surface area contributed by atoms with Crippen molar-refractivity contribution in [1.82, 2.24) is 4.57 Å². The second kappa shape index (κ2) is 15.1. The summed E-state index contributed by atoms with van der Waals surface area (Å²) in [7, 11) is 3.03. The Morgan fingerprint density at radius 2 is 1.73 bits per heavy atom. The Labute approximate surface area is 266 Å². The van der Waals surface area contributed by atoms with Crippen LogP contribution in [-0.4, -0.2) is 43.9 Å². The number of carbonyl (C=O) groups excluding carboxylic acids is 2. The van der Waals surface area contributed by atoms with E-state index in [-0.39, 0.29) is 35.2 Å². The van der Waals surface area contributed by atoms with Crippen LogP contribution < -0.4 is 33.8 Å². The highest BCUT2D eigenvalue weighted by atomic mass is 32.1. The minimum Gasteiger partial charge on any atom is -0.493 e. The molecule has 0 bridgehead atoms. The van der Waals surface area contributed by atoms with Gasteiger partial charge in [0, 0.05) is 6.92 Å². The number of fused-ring (bicyclic) bond motifs is 1. The molecule has 240 valence electrons. The normalized spacial score (nSPS) is 14.6. The molecule has 1 unspecified atom stereocenters. The van der Waals surface area contributed by atoms with Crippen LogP contribution in [0.25, 0.3) is 6.08 Å². The van der Waals surface area contributed by atoms with Gasteiger partial charge in [0.25, 0.3) is 5.56 Å². The number of hydrogen-bond donors (Lipinski definition) is 0. The Kier molecular flexibility index (Phi) is 11.2. The molecule has 0 saturated carbocycles. The summed E-state index contributed by atoms with van der Waals surface area (Å²) in [6, 6.07) is 9.59. The van der Waals surface area contributed by atoms with Crippen molar-refractivity contribution in [2.75, 3.05) is 27.4 Å². The van der Waals surface area contributed by atoms with Gasteiger partial charge in [0.05, 0.1) is 49.3 Å². The second-order valence-electron chi connectivity index (χ2n) is 11.0. The van der Waals surface area contributed by atoms with E-state index < -0.39 is 18.0 Å². The number of ether oxygens (including phenoxy) is 5. The average molecular weight is 637 g/mol. The Morgan fingerprint density at radius 1 is 1.02 bits per heavy atom. The van der Waals surface area contributed by atoms with Crippen LogP contribution in [0.5, 0.6) is 23.0 Å². The maximum Gasteiger partial charge on any atom is 0.338 e. The molecule has 0 amide bonds. The van der Waals surface area contributed by atoms with Gasteiger partial charge < -0.3 is 23.7 Å². The summed E-state index contributed by atoms with van der Waals surface area (Å²) in [5, 5.41) is 0. The summed E-state index contributed by atoms with van der Waals surface area (Å²) >= 11 is 1.22. The number of unbranched alkanes of at least 4 members (excludes halogenated alkanes) is 2. The Bertz CT molecular complexity index is 1770. The van der Waals surface area contributed by atoms with Gasteiger partial charge >= 0.3 is 11.9 Å². The van der Waals surface area contributed by atoms with Crippen molar-refractivity contribution in [2.45, 2.75) is 59.9 Å². The lowest BCUT2D eigenvalue weighted by Gasteiger charge is -2.25. The molecule has 0 saturated heterocycles. The van der Waals surface area contributed by atoms with Crippen LogP contribution in [0.3, 0.4) is 0 Å². The van der Waals surface area contributed by atoms with Crippen LogP contribution in [0.2, 0.25) is 0 Å². The number of thiazole rings is 1. The number of rotatable bonds is 13. The number of nitrogens with zero attached hydrogens (tertiary/aromatic N) is 2. The molecule has 1 atom stereocenters. The first-order valence-electron chi connectivity index (χ1n) is 14.9. The summed E-state index contributed by atoms with van der Waals surface area (Å²) in [4.78, 5) is 44.3. The van der Waals surface area contributed by atoms with Crippen LogP contribution in [0.15, 0.2) is 57.5 Å². The highest BCUT2D eigenvalue weighted by molar-refractivity contribution is 7.07. The van der Waals surface area contributed by atoms with Gasteiger partial charge in [-0.2, -0.15) is 0 Å². The SMILES string of the molecule is CCCCCOc1ccc(/C=c2/sc3n(c2=O)C(c2ccc(OC(C)=O)c(OC)c2)C(C(=O)OCC(C)C)=C(C)N=3)cc1OC. The van der Waals surface area contributed by atoms with Gasteiger partial charge in [0.2, 0.25) is 0 Å². The Hall–Kier alpha value is -4.38. The van der Waals surface area contributed by atoms with Crippen molar-refractivity contribution in [3.8, 4) is 23.0 Å². The van der Waals surface area contributed by atoms with E-state index in [1.165, 1.54) is 29.9 Å². The van der Waals surface area contributed by atoms with Gasteiger partial charge in [0.15, 0.2) is 27.8 Å². The lowest BCUT2D eigenvalue weighted by Crippen LogP contribution is -2.40. The first-order valence-corrected chi connectivity index (χ1v) is 15.8. The topological polar surface area (TPSA) is 115 Å². The van der Waals surface area contributed by atoms with Crippen molar-refractivity contribution in [1.29, 1.82) is 0 Å². The maximum atomic E-state index is 14.1. The summed E-state index contributed by atoms with van der Waals surface area (Å²) in [5.41, 5.74) is 1.66. The summed E-state index contributed by atoms with van der Waals surface area (Å²) in [6.07, 6.45) is 4.91. The first-order chi connectivity index (χ1) is 21.6. The zero-order valence-electron chi connectivity index (χ0n) is 26.8. The van der Waals surface area contributed by atoms with Crippen molar-refractivity contribution in [3.05, 3.63) is 78.5 Å². The zero-order valence-corrected chi connectivity index (χ0v) is 27.6. The largest absolute Gasteiger partial charge is 0.493 e. The van der Waals surface area contributed by atoms with E-state index in [1.54, 1.807) is 38.3 Å². The van der Waals surface area contributed by atoms with Gasteiger partial charge in [-0.15, -0.1) is 0 Å². The molecule has 2 heterocycles. The van der Waals surface area contributed by atoms with Crippen molar-refractivity contribution < 1.29 is 33.3 Å². The summed E-state index contributed by atoms with van der Waals surface area (Å²) in [6.45, 7) is 9.85. The number of hydrogen-bond acceptors (Lipinski definition) is 10. The monoisotopic (exact) mass is 636 g/mol. The highest BCUT2D eigenvalue weighted by Gasteiger charge is 2.34. The molecular formula is C34H40N2O8S. The molecule has 45 heavy (non-hydrogen) atoms. The number of methoxy groups -OCH3 is 2. The molecule has 0 radical (unpaired) electrons. The highest BCUT2D eigenvalue weighted by Crippen LogP contribution is 2.36. The summed E-state index contributed by atoms with van der Waals surface area (Å²) < 4.78 is 29.8. The third kappa shape index (κ3) is 7.83. The van der Waals surface area contributed by atoms with Gasteiger partial charge in [-0.3, -0.25) is 14.2 Å². The average Bonchev–Trinajstić information content (AvgIpc) is 3.31. The smallest absolute Gasteiger partial charge is 0.338 e. The minimum atomic E-state index is -0.864. The molecule has 0 fully saturated rings. The fourth-order valence-electron chi connectivity index (χ4n) is 4.89. The molecule has 2 aromatic carbocycles. The fourth-order valence-corrected chi connectivity index (χ4v) is 5.94. The Balaban J connectivity index is 1.83. The molecule has 10 nitrogen and oxygen atoms in total. The second-order valence-corrected chi connectivity index (χ2v) is 12.1. The molecular weight excluding hydrogens is 596 g/mol. The molecule has 0 N–H and O–H groups in total. The number of aromatic nitrogens is 1.